The highest BCUT2D eigenvalue weighted by molar-refractivity contribution is 5.87. The zero-order chi connectivity index (χ0) is 28.4. The Morgan fingerprint density at radius 3 is 1.19 bits per heavy atom. The molecule has 10 heteroatoms. The summed E-state index contributed by atoms with van der Waals surface area (Å²) in [5.74, 6) is 0.473. The fraction of sp³-hybridized carbons (Fsp3) is 0.704. The summed E-state index contributed by atoms with van der Waals surface area (Å²) in [6.07, 6.45) is 1.87. The van der Waals surface area contributed by atoms with Crippen molar-refractivity contribution in [3.05, 3.63) is 24.3 Å². The lowest BCUT2D eigenvalue weighted by Gasteiger charge is -2.23. The third-order valence-corrected chi connectivity index (χ3v) is 5.40. The predicted octanol–water partition coefficient (Wildman–Crippen LogP) is 4.39. The molecule has 0 heterocycles. The van der Waals surface area contributed by atoms with E-state index in [0.717, 1.165) is 19.3 Å². The average Bonchev–Trinajstić information content (AvgIpc) is 2.81. The van der Waals surface area contributed by atoms with Gasteiger partial charge in [0.15, 0.2) is 0 Å². The Morgan fingerprint density at radius 2 is 0.865 bits per heavy atom. The Kier molecular flexibility index (Phi) is 17.6. The van der Waals surface area contributed by atoms with Crippen molar-refractivity contribution in [2.45, 2.75) is 60.8 Å². The second-order valence-electron chi connectivity index (χ2n) is 9.99. The molecule has 0 fully saturated rings. The second kappa shape index (κ2) is 19.1. The Hall–Kier alpha value is -3.04. The van der Waals surface area contributed by atoms with Crippen molar-refractivity contribution in [3.8, 4) is 0 Å². The minimum Gasteiger partial charge on any atom is -0.459 e. The van der Waals surface area contributed by atoms with E-state index in [1.165, 1.54) is 0 Å². The summed E-state index contributed by atoms with van der Waals surface area (Å²) in [4.78, 5) is 46.1. The van der Waals surface area contributed by atoms with Crippen molar-refractivity contribution >= 4 is 24.1 Å². The van der Waals surface area contributed by atoms with E-state index in [1.54, 1.807) is 13.8 Å². The number of carbonyl (C=O) groups excluding carboxylic acids is 4. The van der Waals surface area contributed by atoms with Crippen molar-refractivity contribution in [1.29, 1.82) is 0 Å². The molecule has 0 saturated carbocycles. The molecule has 0 aromatic rings. The third-order valence-electron chi connectivity index (χ3n) is 5.40. The summed E-state index contributed by atoms with van der Waals surface area (Å²) < 4.78 is 19.7. The monoisotopic (exact) mass is 526 g/mol. The summed E-state index contributed by atoms with van der Waals surface area (Å²) in [6.45, 7) is 19.6. The van der Waals surface area contributed by atoms with Gasteiger partial charge in [0.2, 0.25) is 0 Å². The highest BCUT2D eigenvalue weighted by Gasteiger charge is 2.16. The lowest BCUT2D eigenvalue weighted by Crippen LogP contribution is -2.31. The van der Waals surface area contributed by atoms with Crippen LogP contribution in [0.25, 0.3) is 0 Å². The van der Waals surface area contributed by atoms with Crippen LogP contribution in [0.15, 0.2) is 24.3 Å². The molecule has 2 amide bonds. The van der Waals surface area contributed by atoms with Crippen LogP contribution in [0.4, 0.5) is 9.59 Å². The first-order valence-corrected chi connectivity index (χ1v) is 12.8. The maximum absolute atomic E-state index is 11.8. The van der Waals surface area contributed by atoms with Crippen molar-refractivity contribution in [1.82, 2.24) is 10.6 Å². The average molecular weight is 527 g/mol. The summed E-state index contributed by atoms with van der Waals surface area (Å²) in [6, 6.07) is 0. The van der Waals surface area contributed by atoms with Crippen molar-refractivity contribution < 1.29 is 38.1 Å². The van der Waals surface area contributed by atoms with Crippen molar-refractivity contribution in [2.75, 3.05) is 39.5 Å². The molecule has 212 valence electrons. The molecular weight excluding hydrogens is 480 g/mol. The van der Waals surface area contributed by atoms with Crippen LogP contribution in [0.5, 0.6) is 0 Å². The van der Waals surface area contributed by atoms with Gasteiger partial charge in [-0.15, -0.1) is 0 Å². The van der Waals surface area contributed by atoms with Gasteiger partial charge in [0.25, 0.3) is 0 Å². The molecule has 0 radical (unpaired) electrons. The van der Waals surface area contributed by atoms with Gasteiger partial charge in [0.05, 0.1) is 0 Å². The minimum absolute atomic E-state index is 0.00825. The molecule has 0 aliphatic rings. The van der Waals surface area contributed by atoms with Crippen LogP contribution in [0, 0.1) is 23.7 Å². The normalized spacial score (nSPS) is 13.8. The van der Waals surface area contributed by atoms with E-state index in [4.69, 9.17) is 18.9 Å². The van der Waals surface area contributed by atoms with Gasteiger partial charge < -0.3 is 29.6 Å². The summed E-state index contributed by atoms with van der Waals surface area (Å²) in [5.41, 5.74) is 0.593. The number of ether oxygens (including phenoxy) is 4. The van der Waals surface area contributed by atoms with Crippen molar-refractivity contribution in [3.63, 3.8) is 0 Å². The van der Waals surface area contributed by atoms with Crippen LogP contribution in [-0.2, 0) is 28.5 Å². The smallest absolute Gasteiger partial charge is 0.407 e. The molecule has 4 unspecified atom stereocenters. The number of esters is 2. The van der Waals surface area contributed by atoms with E-state index in [9.17, 15) is 19.2 Å². The van der Waals surface area contributed by atoms with Gasteiger partial charge in [-0.25, -0.2) is 19.2 Å². The predicted molar refractivity (Wildman–Crippen MR) is 141 cm³/mol. The highest BCUT2D eigenvalue weighted by Crippen LogP contribution is 2.24. The zero-order valence-corrected chi connectivity index (χ0v) is 23.4. The third kappa shape index (κ3) is 18.8. The van der Waals surface area contributed by atoms with Crippen LogP contribution in [-0.4, -0.2) is 63.6 Å². The first kappa shape index (κ1) is 34.0. The number of hydrogen-bond donors (Lipinski definition) is 2. The fourth-order valence-electron chi connectivity index (χ4n) is 3.82. The number of hydrogen-bond acceptors (Lipinski definition) is 8. The van der Waals surface area contributed by atoms with Gasteiger partial charge >= 0.3 is 24.1 Å². The van der Waals surface area contributed by atoms with Gasteiger partial charge in [-0.05, 0) is 56.8 Å². The minimum atomic E-state index is -0.535. The molecule has 0 aromatic heterocycles. The van der Waals surface area contributed by atoms with Crippen LogP contribution < -0.4 is 10.6 Å². The fourth-order valence-corrected chi connectivity index (χ4v) is 3.82. The van der Waals surface area contributed by atoms with Gasteiger partial charge in [0, 0.05) is 24.2 Å². The molecule has 4 atom stereocenters. The topological polar surface area (TPSA) is 129 Å². The number of alkyl carbamates (subject to hydrolysis) is 2. The lowest BCUT2D eigenvalue weighted by atomic mass is 9.85. The Labute approximate surface area is 221 Å². The van der Waals surface area contributed by atoms with E-state index < -0.39 is 24.1 Å². The molecule has 0 aliphatic heterocycles. The van der Waals surface area contributed by atoms with Crippen LogP contribution in [0.2, 0.25) is 0 Å². The number of amides is 2. The van der Waals surface area contributed by atoms with Gasteiger partial charge in [0.1, 0.15) is 26.4 Å². The molecular formula is C27H46N2O8. The Balaban J connectivity index is 3.98. The first-order valence-electron chi connectivity index (χ1n) is 12.8. The summed E-state index contributed by atoms with van der Waals surface area (Å²) >= 11 is 0. The maximum atomic E-state index is 11.8. The zero-order valence-electron chi connectivity index (χ0n) is 23.4. The molecule has 37 heavy (non-hydrogen) atoms. The molecule has 0 aliphatic carbocycles. The molecule has 2 N–H and O–H groups in total. The Morgan fingerprint density at radius 1 is 0.568 bits per heavy atom. The molecule has 0 saturated heterocycles. The van der Waals surface area contributed by atoms with Gasteiger partial charge in [-0.2, -0.15) is 0 Å². The van der Waals surface area contributed by atoms with E-state index >= 15 is 0 Å². The Bertz CT molecular complexity index is 706. The maximum Gasteiger partial charge on any atom is 0.407 e. The lowest BCUT2D eigenvalue weighted by molar-refractivity contribution is -0.140. The van der Waals surface area contributed by atoms with Crippen LogP contribution in [0.3, 0.4) is 0 Å². The molecule has 0 bridgehead atoms. The largest absolute Gasteiger partial charge is 0.459 e. The standard InChI is InChI=1S/C27H46N2O8/c1-18(2)24(30)34-9-11-36-26(32)28-16-22(7)14-20(5)13-21(6)15-23(8)17-29-27(33)37-12-10-35-25(31)19(3)4/h20-23H,1,3,9-17H2,2,4-8H3,(H,28,32)(H,29,33). The van der Waals surface area contributed by atoms with E-state index in [0.29, 0.717) is 36.1 Å². The van der Waals surface area contributed by atoms with Crippen molar-refractivity contribution in [2.24, 2.45) is 23.7 Å². The summed E-state index contributed by atoms with van der Waals surface area (Å²) in [7, 11) is 0. The summed E-state index contributed by atoms with van der Waals surface area (Å²) in [5, 5.41) is 5.48. The molecule has 0 spiro atoms. The first-order chi connectivity index (χ1) is 17.3. The van der Waals surface area contributed by atoms with E-state index in [-0.39, 0.29) is 38.3 Å². The second-order valence-corrected chi connectivity index (χ2v) is 9.99. The highest BCUT2D eigenvalue weighted by atomic mass is 16.6. The van der Waals surface area contributed by atoms with Crippen LogP contribution >= 0.6 is 0 Å². The van der Waals surface area contributed by atoms with Gasteiger partial charge in [-0.3, -0.25) is 0 Å². The quantitative estimate of drug-likeness (QED) is 0.116. The van der Waals surface area contributed by atoms with Crippen LogP contribution in [0.1, 0.15) is 60.8 Å². The molecule has 0 aromatic carbocycles. The van der Waals surface area contributed by atoms with E-state index in [1.807, 2.05) is 0 Å². The molecule has 0 rings (SSSR count). The van der Waals surface area contributed by atoms with Gasteiger partial charge in [-0.1, -0.05) is 40.9 Å². The van der Waals surface area contributed by atoms with E-state index in [2.05, 4.69) is 51.5 Å². The number of rotatable bonds is 18. The number of carbonyl (C=O) groups is 4. The SMILES string of the molecule is C=C(C)C(=O)OCCOC(=O)NCC(C)CC(C)CC(C)CC(C)CNC(=O)OCCOC(=O)C(=C)C. The molecule has 10 nitrogen and oxygen atoms in total. The number of nitrogens with one attached hydrogen (secondary N) is 2.